The largest absolute Gasteiger partial charge is 0.380 e. The normalized spacial score (nSPS) is 17.0. The van der Waals surface area contributed by atoms with E-state index in [0.29, 0.717) is 25.5 Å². The van der Waals surface area contributed by atoms with Gasteiger partial charge in [-0.2, -0.15) is 0 Å². The second-order valence-corrected chi connectivity index (χ2v) is 6.83. The van der Waals surface area contributed by atoms with Crippen molar-refractivity contribution in [3.05, 3.63) is 59.5 Å². The van der Waals surface area contributed by atoms with E-state index in [2.05, 4.69) is 39.9 Å². The van der Waals surface area contributed by atoms with E-state index in [-0.39, 0.29) is 11.9 Å². The van der Waals surface area contributed by atoms with Gasteiger partial charge in [-0.3, -0.25) is 0 Å². The third-order valence-electron chi connectivity index (χ3n) is 4.67. The summed E-state index contributed by atoms with van der Waals surface area (Å²) in [5.41, 5.74) is 2.29. The minimum Gasteiger partial charge on any atom is -0.380 e. The number of methoxy groups -OCH3 is 1. The molecule has 3 rings (SSSR count). The molecule has 0 saturated carbocycles. The van der Waals surface area contributed by atoms with Gasteiger partial charge in [0.2, 0.25) is 0 Å². The van der Waals surface area contributed by atoms with E-state index in [1.165, 1.54) is 6.07 Å². The summed E-state index contributed by atoms with van der Waals surface area (Å²) in [4.78, 5) is 10.8. The van der Waals surface area contributed by atoms with Crippen LogP contribution in [0.5, 0.6) is 0 Å². The lowest BCUT2D eigenvalue weighted by Crippen LogP contribution is -2.44. The van der Waals surface area contributed by atoms with Crippen molar-refractivity contribution in [2.45, 2.75) is 32.5 Å². The van der Waals surface area contributed by atoms with Gasteiger partial charge in [0.05, 0.1) is 13.2 Å². The summed E-state index contributed by atoms with van der Waals surface area (Å²) in [6, 6.07) is 11.5. The van der Waals surface area contributed by atoms with Gasteiger partial charge >= 0.3 is 0 Å². The van der Waals surface area contributed by atoms with Gasteiger partial charge in [-0.05, 0) is 36.6 Å². The molecule has 2 N–H and O–H groups in total. The smallest absolute Gasteiger partial charge is 0.191 e. The summed E-state index contributed by atoms with van der Waals surface area (Å²) in [6.45, 7) is 5.50. The number of hydrogen-bond acceptors (Lipinski definition) is 4. The molecule has 1 atom stereocenters. The molecule has 2 heterocycles. The first-order valence-corrected chi connectivity index (χ1v) is 9.66. The fraction of sp³-hybridized carbons (Fsp3) is 0.429. The zero-order valence-electron chi connectivity index (χ0n) is 16.5. The number of aliphatic imine (C=N–C) groups is 1. The van der Waals surface area contributed by atoms with Gasteiger partial charge in [0.15, 0.2) is 17.6 Å². The van der Waals surface area contributed by atoms with E-state index in [9.17, 15) is 4.39 Å². The minimum absolute atomic E-state index is 0.197. The predicted octanol–water partition coefficient (Wildman–Crippen LogP) is 2.70. The van der Waals surface area contributed by atoms with Crippen LogP contribution in [0.25, 0.3) is 0 Å². The molecular weight excluding hydrogens is 357 g/mol. The van der Waals surface area contributed by atoms with Gasteiger partial charge in [-0.25, -0.2) is 14.4 Å². The zero-order valence-corrected chi connectivity index (χ0v) is 16.5. The molecule has 0 bridgehead atoms. The summed E-state index contributed by atoms with van der Waals surface area (Å²) in [7, 11) is 1.69. The Balaban J connectivity index is 1.58. The first kappa shape index (κ1) is 20.1. The number of halogens is 1. The van der Waals surface area contributed by atoms with E-state index in [1.807, 2.05) is 11.8 Å². The summed E-state index contributed by atoms with van der Waals surface area (Å²) in [6.07, 6.45) is 2.54. The standard InChI is InChI=1S/C21H28FN5O/c1-3-23-21(25-13-16-6-8-17(9-7-16)15-28-2)26-18-10-12-27(14-18)20-19(22)5-4-11-24-20/h4-9,11,18H,3,10,12-15H2,1-2H3,(H2,23,25,26). The maximum absolute atomic E-state index is 14.0. The molecule has 150 valence electrons. The predicted molar refractivity (Wildman–Crippen MR) is 110 cm³/mol. The monoisotopic (exact) mass is 385 g/mol. The van der Waals surface area contributed by atoms with Crippen LogP contribution < -0.4 is 15.5 Å². The topological polar surface area (TPSA) is 61.8 Å². The average Bonchev–Trinajstić information content (AvgIpc) is 3.16. The molecule has 1 aliphatic rings. The second-order valence-electron chi connectivity index (χ2n) is 6.83. The fourth-order valence-electron chi connectivity index (χ4n) is 3.27. The SMILES string of the molecule is CCNC(=NCc1ccc(COC)cc1)NC1CCN(c2ncccc2F)C1. The summed E-state index contributed by atoms with van der Waals surface area (Å²) < 4.78 is 19.1. The molecule has 1 fully saturated rings. The number of guanidine groups is 1. The van der Waals surface area contributed by atoms with Crippen LogP contribution in [0, 0.1) is 5.82 Å². The highest BCUT2D eigenvalue weighted by Gasteiger charge is 2.25. The lowest BCUT2D eigenvalue weighted by atomic mass is 10.1. The quantitative estimate of drug-likeness (QED) is 0.567. The van der Waals surface area contributed by atoms with Crippen molar-refractivity contribution >= 4 is 11.8 Å². The van der Waals surface area contributed by atoms with Crippen LogP contribution in [0.3, 0.4) is 0 Å². The number of benzene rings is 1. The van der Waals surface area contributed by atoms with Crippen LogP contribution in [-0.2, 0) is 17.9 Å². The number of pyridine rings is 1. The molecule has 0 spiro atoms. The molecule has 1 aliphatic heterocycles. The van der Waals surface area contributed by atoms with E-state index in [0.717, 1.165) is 36.6 Å². The molecule has 6 nitrogen and oxygen atoms in total. The summed E-state index contributed by atoms with van der Waals surface area (Å²) in [5.74, 6) is 0.919. The third kappa shape index (κ3) is 5.42. The van der Waals surface area contributed by atoms with Crippen molar-refractivity contribution in [3.8, 4) is 0 Å². The third-order valence-corrected chi connectivity index (χ3v) is 4.67. The average molecular weight is 385 g/mol. The molecule has 1 aromatic carbocycles. The van der Waals surface area contributed by atoms with Gasteiger partial charge in [0.25, 0.3) is 0 Å². The molecule has 2 aromatic rings. The van der Waals surface area contributed by atoms with Gasteiger partial charge in [0.1, 0.15) is 0 Å². The number of anilines is 1. The van der Waals surface area contributed by atoms with E-state index in [1.54, 1.807) is 19.4 Å². The fourth-order valence-corrected chi connectivity index (χ4v) is 3.27. The van der Waals surface area contributed by atoms with Crippen molar-refractivity contribution in [1.82, 2.24) is 15.6 Å². The van der Waals surface area contributed by atoms with Crippen molar-refractivity contribution in [3.63, 3.8) is 0 Å². The Labute approximate surface area is 165 Å². The molecule has 0 amide bonds. The van der Waals surface area contributed by atoms with Crippen LogP contribution in [-0.4, -0.2) is 43.7 Å². The molecule has 0 radical (unpaired) electrons. The van der Waals surface area contributed by atoms with Crippen molar-refractivity contribution < 1.29 is 9.13 Å². The van der Waals surface area contributed by atoms with E-state index < -0.39 is 0 Å². The summed E-state index contributed by atoms with van der Waals surface area (Å²) >= 11 is 0. The first-order valence-electron chi connectivity index (χ1n) is 9.66. The first-order chi connectivity index (χ1) is 13.7. The summed E-state index contributed by atoms with van der Waals surface area (Å²) in [5, 5.41) is 6.75. The molecule has 0 aliphatic carbocycles. The van der Waals surface area contributed by atoms with Crippen molar-refractivity contribution in [1.29, 1.82) is 0 Å². The molecular formula is C21H28FN5O. The number of hydrogen-bond donors (Lipinski definition) is 2. The number of aromatic nitrogens is 1. The number of ether oxygens (including phenoxy) is 1. The number of nitrogens with one attached hydrogen (secondary N) is 2. The highest BCUT2D eigenvalue weighted by atomic mass is 19.1. The Bertz CT molecular complexity index is 781. The van der Waals surface area contributed by atoms with Crippen molar-refractivity contribution in [2.24, 2.45) is 4.99 Å². The Morgan fingerprint density at radius 3 is 2.79 bits per heavy atom. The Kier molecular flexibility index (Phi) is 7.19. The van der Waals surface area contributed by atoms with E-state index >= 15 is 0 Å². The van der Waals surface area contributed by atoms with Gasteiger partial charge in [-0.15, -0.1) is 0 Å². The zero-order chi connectivity index (χ0) is 19.8. The minimum atomic E-state index is -0.277. The lowest BCUT2D eigenvalue weighted by Gasteiger charge is -2.20. The molecule has 28 heavy (non-hydrogen) atoms. The molecule has 1 aromatic heterocycles. The van der Waals surface area contributed by atoms with E-state index in [4.69, 9.17) is 9.73 Å². The highest BCUT2D eigenvalue weighted by molar-refractivity contribution is 5.80. The maximum atomic E-state index is 14.0. The lowest BCUT2D eigenvalue weighted by molar-refractivity contribution is 0.185. The van der Waals surface area contributed by atoms with Gasteiger partial charge < -0.3 is 20.3 Å². The Morgan fingerprint density at radius 2 is 2.07 bits per heavy atom. The molecule has 1 saturated heterocycles. The van der Waals surface area contributed by atoms with Crippen LogP contribution in [0.4, 0.5) is 10.2 Å². The van der Waals surface area contributed by atoms with Crippen LogP contribution in [0.2, 0.25) is 0 Å². The number of rotatable bonds is 7. The van der Waals surface area contributed by atoms with Crippen molar-refractivity contribution in [2.75, 3.05) is 31.6 Å². The molecule has 1 unspecified atom stereocenters. The Morgan fingerprint density at radius 1 is 1.29 bits per heavy atom. The van der Waals surface area contributed by atoms with Crippen LogP contribution in [0.15, 0.2) is 47.6 Å². The Hall–Kier alpha value is -2.67. The van der Waals surface area contributed by atoms with Crippen LogP contribution in [0.1, 0.15) is 24.5 Å². The van der Waals surface area contributed by atoms with Gasteiger partial charge in [0, 0.05) is 39.0 Å². The van der Waals surface area contributed by atoms with Crippen LogP contribution >= 0.6 is 0 Å². The highest BCUT2D eigenvalue weighted by Crippen LogP contribution is 2.20. The maximum Gasteiger partial charge on any atom is 0.191 e. The van der Waals surface area contributed by atoms with Gasteiger partial charge in [-0.1, -0.05) is 24.3 Å². The molecule has 7 heteroatoms. The second kappa shape index (κ2) is 10.0. The number of nitrogens with zero attached hydrogens (tertiary/aromatic N) is 3.